The van der Waals surface area contributed by atoms with Crippen LogP contribution in [0.25, 0.3) is 0 Å². The van der Waals surface area contributed by atoms with Gasteiger partial charge in [0.05, 0.1) is 19.3 Å². The first kappa shape index (κ1) is 18.8. The van der Waals surface area contributed by atoms with Gasteiger partial charge in [-0.25, -0.2) is 0 Å². The smallest absolute Gasteiger partial charge is 0.381 e. The number of aliphatic hydroxyl groups excluding tert-OH is 1. The molecule has 0 radical (unpaired) electrons. The Morgan fingerprint density at radius 3 is 2.56 bits per heavy atom. The molecule has 0 unspecified atom stereocenters. The van der Waals surface area contributed by atoms with Crippen LogP contribution in [0.4, 0.5) is 5.82 Å². The molecule has 1 heterocycles. The van der Waals surface area contributed by atoms with Crippen LogP contribution in [0.1, 0.15) is 22.8 Å². The van der Waals surface area contributed by atoms with Gasteiger partial charge in [0.2, 0.25) is 6.33 Å². The van der Waals surface area contributed by atoms with E-state index in [-0.39, 0.29) is 25.1 Å². The molecule has 0 saturated heterocycles. The highest BCUT2D eigenvalue weighted by Crippen LogP contribution is 2.28. The van der Waals surface area contributed by atoms with Crippen molar-refractivity contribution in [3.8, 4) is 0 Å². The van der Waals surface area contributed by atoms with Crippen molar-refractivity contribution < 1.29 is 14.8 Å². The van der Waals surface area contributed by atoms with E-state index in [2.05, 4.69) is 4.98 Å². The number of imidazole rings is 1. The third kappa shape index (κ3) is 4.78. The Kier molecular flexibility index (Phi) is 5.95. The van der Waals surface area contributed by atoms with E-state index in [0.717, 1.165) is 16.7 Å². The summed E-state index contributed by atoms with van der Waals surface area (Å²) in [6.45, 7) is 2.27. The fourth-order valence-corrected chi connectivity index (χ4v) is 2.92. The molecule has 27 heavy (non-hydrogen) atoms. The Morgan fingerprint density at radius 2 is 1.89 bits per heavy atom. The number of aliphatic hydroxyl groups is 1. The largest absolute Gasteiger partial charge is 0.389 e. The molecule has 0 amide bonds. The lowest BCUT2D eigenvalue weighted by Gasteiger charge is -2.22. The molecule has 0 spiro atoms. The van der Waals surface area contributed by atoms with Crippen LogP contribution in [0.3, 0.4) is 0 Å². The first-order valence-electron chi connectivity index (χ1n) is 8.61. The van der Waals surface area contributed by atoms with E-state index in [1.165, 1.54) is 17.1 Å². The molecule has 2 aromatic carbocycles. The van der Waals surface area contributed by atoms with Gasteiger partial charge in [-0.15, -0.1) is 0 Å². The lowest BCUT2D eigenvalue weighted by atomic mass is 9.97. The van der Waals surface area contributed by atoms with Crippen LogP contribution in [-0.4, -0.2) is 32.3 Å². The zero-order valence-corrected chi connectivity index (χ0v) is 14.9. The number of benzene rings is 2. The molecule has 1 aromatic heterocycles. The van der Waals surface area contributed by atoms with Crippen molar-refractivity contribution in [2.75, 3.05) is 6.61 Å². The van der Waals surface area contributed by atoms with Crippen molar-refractivity contribution in [2.24, 2.45) is 0 Å². The predicted octanol–water partition coefficient (Wildman–Crippen LogP) is 3.27. The van der Waals surface area contributed by atoms with Crippen molar-refractivity contribution in [3.05, 3.63) is 93.9 Å². The van der Waals surface area contributed by atoms with E-state index < -0.39 is 11.0 Å². The lowest BCUT2D eigenvalue weighted by molar-refractivity contribution is -0.389. The second kappa shape index (κ2) is 8.57. The Balaban J connectivity index is 1.71. The summed E-state index contributed by atoms with van der Waals surface area (Å²) in [7, 11) is 0. The van der Waals surface area contributed by atoms with Crippen LogP contribution in [0.5, 0.6) is 0 Å². The molecule has 7 nitrogen and oxygen atoms in total. The van der Waals surface area contributed by atoms with Gasteiger partial charge in [-0.1, -0.05) is 54.6 Å². The monoisotopic (exact) mass is 367 g/mol. The summed E-state index contributed by atoms with van der Waals surface area (Å²) in [5, 5.41) is 21.0. The Hall–Kier alpha value is -3.03. The zero-order valence-electron chi connectivity index (χ0n) is 14.9. The predicted molar refractivity (Wildman–Crippen MR) is 100 cm³/mol. The van der Waals surface area contributed by atoms with E-state index in [1.807, 2.05) is 61.5 Å². The molecule has 3 rings (SSSR count). The van der Waals surface area contributed by atoms with E-state index in [4.69, 9.17) is 4.74 Å². The Labute approximate surface area is 157 Å². The maximum Gasteiger partial charge on any atom is 0.381 e. The topological polar surface area (TPSA) is 90.4 Å². The van der Waals surface area contributed by atoms with E-state index >= 15 is 0 Å². The third-order valence-electron chi connectivity index (χ3n) is 4.26. The van der Waals surface area contributed by atoms with E-state index in [0.29, 0.717) is 0 Å². The number of nitrogens with zero attached hydrogens (tertiary/aromatic N) is 3. The van der Waals surface area contributed by atoms with Crippen LogP contribution in [0.2, 0.25) is 0 Å². The molecule has 0 saturated carbocycles. The van der Waals surface area contributed by atoms with Gasteiger partial charge < -0.3 is 24.5 Å². The molecule has 0 bridgehead atoms. The molecule has 3 aromatic rings. The number of hydrogen-bond acceptors (Lipinski definition) is 5. The standard InChI is InChI=1S/C20H21N3O4/c1-15-7-5-6-10-18(15)20(16-8-3-2-4-9-16)27-13-17(24)11-22-12-19(21-14-22)23(25)26/h2-10,12,14,17,20,24H,11,13H2,1H3/t17-,20-/m1/s1. The number of ether oxygens (including phenoxy) is 1. The molecule has 7 heteroatoms. The number of aryl methyl sites for hydroxylation is 1. The van der Waals surface area contributed by atoms with Gasteiger partial charge in [0.1, 0.15) is 12.3 Å². The summed E-state index contributed by atoms with van der Waals surface area (Å²) in [6.07, 6.45) is 1.49. The molecule has 140 valence electrons. The molecule has 0 aliphatic heterocycles. The van der Waals surface area contributed by atoms with Crippen LogP contribution < -0.4 is 0 Å². The summed E-state index contributed by atoms with van der Waals surface area (Å²) < 4.78 is 7.55. The first-order chi connectivity index (χ1) is 13.0. The van der Waals surface area contributed by atoms with Crippen molar-refractivity contribution in [3.63, 3.8) is 0 Å². The van der Waals surface area contributed by atoms with Gasteiger partial charge in [-0.05, 0) is 33.5 Å². The maximum absolute atomic E-state index is 10.7. The molecule has 0 aliphatic carbocycles. The number of nitro groups is 1. The van der Waals surface area contributed by atoms with E-state index in [1.54, 1.807) is 0 Å². The van der Waals surface area contributed by atoms with Crippen LogP contribution in [-0.2, 0) is 11.3 Å². The molecule has 1 N–H and O–H groups in total. The normalized spacial score (nSPS) is 13.3. The second-order valence-electron chi connectivity index (χ2n) is 6.32. The molecule has 2 atom stereocenters. The summed E-state index contributed by atoms with van der Waals surface area (Å²) in [6, 6.07) is 17.8. The van der Waals surface area contributed by atoms with Gasteiger partial charge in [-0.3, -0.25) is 0 Å². The van der Waals surface area contributed by atoms with Crippen molar-refractivity contribution in [1.82, 2.24) is 9.55 Å². The highest BCUT2D eigenvalue weighted by atomic mass is 16.6. The quantitative estimate of drug-likeness (QED) is 0.487. The van der Waals surface area contributed by atoms with Crippen LogP contribution >= 0.6 is 0 Å². The van der Waals surface area contributed by atoms with Gasteiger partial charge >= 0.3 is 5.82 Å². The minimum absolute atomic E-state index is 0.0832. The van der Waals surface area contributed by atoms with Crippen molar-refractivity contribution in [2.45, 2.75) is 25.7 Å². The Morgan fingerprint density at radius 1 is 1.19 bits per heavy atom. The van der Waals surface area contributed by atoms with Crippen molar-refractivity contribution >= 4 is 5.82 Å². The lowest BCUT2D eigenvalue weighted by Crippen LogP contribution is -2.23. The maximum atomic E-state index is 10.7. The second-order valence-corrected chi connectivity index (χ2v) is 6.32. The van der Waals surface area contributed by atoms with Gasteiger partial charge in [0.15, 0.2) is 0 Å². The minimum Gasteiger partial charge on any atom is -0.389 e. The van der Waals surface area contributed by atoms with Crippen LogP contribution in [0, 0.1) is 17.0 Å². The van der Waals surface area contributed by atoms with Gasteiger partial charge in [0.25, 0.3) is 0 Å². The average molecular weight is 367 g/mol. The summed E-state index contributed by atoms with van der Waals surface area (Å²) in [5.74, 6) is -0.245. The molecular formula is C20H21N3O4. The molecule has 0 aliphatic rings. The number of hydrogen-bond donors (Lipinski definition) is 1. The summed E-state index contributed by atoms with van der Waals surface area (Å²) >= 11 is 0. The zero-order chi connectivity index (χ0) is 19.2. The Bertz CT molecular complexity index is 895. The van der Waals surface area contributed by atoms with E-state index in [9.17, 15) is 15.2 Å². The summed E-state index contributed by atoms with van der Waals surface area (Å²) in [4.78, 5) is 13.8. The average Bonchev–Trinajstić information content (AvgIpc) is 3.13. The third-order valence-corrected chi connectivity index (χ3v) is 4.26. The van der Waals surface area contributed by atoms with Crippen LogP contribution in [0.15, 0.2) is 67.1 Å². The molecular weight excluding hydrogens is 346 g/mol. The fourth-order valence-electron chi connectivity index (χ4n) is 2.92. The molecule has 0 fully saturated rings. The number of rotatable bonds is 8. The minimum atomic E-state index is -0.825. The van der Waals surface area contributed by atoms with Crippen molar-refractivity contribution in [1.29, 1.82) is 0 Å². The first-order valence-corrected chi connectivity index (χ1v) is 8.61. The SMILES string of the molecule is Cc1ccccc1[C@H](OC[C@H](O)Cn1cnc([N+](=O)[O-])c1)c1ccccc1. The highest BCUT2D eigenvalue weighted by molar-refractivity contribution is 5.35. The highest BCUT2D eigenvalue weighted by Gasteiger charge is 2.19. The fraction of sp³-hybridized carbons (Fsp3) is 0.250. The van der Waals surface area contributed by atoms with Gasteiger partial charge in [0, 0.05) is 0 Å². The number of aromatic nitrogens is 2. The summed E-state index contributed by atoms with van der Waals surface area (Å²) in [5.41, 5.74) is 3.14. The van der Waals surface area contributed by atoms with Gasteiger partial charge in [-0.2, -0.15) is 0 Å².